The molecule has 1 saturated heterocycles. The lowest BCUT2D eigenvalue weighted by Crippen LogP contribution is -2.43. The van der Waals surface area contributed by atoms with Crippen LogP contribution in [0.25, 0.3) is 22.3 Å². The first-order valence-corrected chi connectivity index (χ1v) is 9.70. The minimum atomic E-state index is -0.184. The van der Waals surface area contributed by atoms with Crippen LogP contribution < -0.4 is 0 Å². The van der Waals surface area contributed by atoms with Crippen molar-refractivity contribution in [2.45, 2.75) is 6.04 Å². The zero-order chi connectivity index (χ0) is 19.8. The number of carbonyl (C=O) groups excluding carboxylic acids is 1. The van der Waals surface area contributed by atoms with Gasteiger partial charge in [0.1, 0.15) is 11.3 Å². The molecule has 8 heteroatoms. The highest BCUT2D eigenvalue weighted by Gasteiger charge is 2.30. The predicted octanol–water partition coefficient (Wildman–Crippen LogP) is 3.82. The van der Waals surface area contributed by atoms with Gasteiger partial charge in [0.25, 0.3) is 5.91 Å². The monoisotopic (exact) mass is 407 g/mol. The number of halogens is 1. The van der Waals surface area contributed by atoms with Crippen LogP contribution in [-0.2, 0) is 4.74 Å². The molecular formula is C21H18ClN5O2. The van der Waals surface area contributed by atoms with Crippen molar-refractivity contribution in [1.82, 2.24) is 25.1 Å². The van der Waals surface area contributed by atoms with Gasteiger partial charge in [-0.05, 0) is 35.9 Å². The van der Waals surface area contributed by atoms with E-state index in [-0.39, 0.29) is 11.9 Å². The van der Waals surface area contributed by atoms with E-state index >= 15 is 0 Å². The summed E-state index contributed by atoms with van der Waals surface area (Å²) in [6, 6.07) is 13.1. The standard InChI is InChI=1S/C21H18ClN5O2/c22-16-3-1-2-13(8-16)19-12-29-7-6-27(19)21(28)18-9-14-4-5-17(25-20(14)26-18)15-10-23-24-11-15/h1-5,8-11,19H,6-7,12H2,(H,23,24)(H,25,26). The highest BCUT2D eigenvalue weighted by molar-refractivity contribution is 6.30. The zero-order valence-electron chi connectivity index (χ0n) is 15.4. The van der Waals surface area contributed by atoms with E-state index in [9.17, 15) is 4.79 Å². The van der Waals surface area contributed by atoms with Gasteiger partial charge in [0, 0.05) is 28.7 Å². The van der Waals surface area contributed by atoms with E-state index in [4.69, 9.17) is 16.3 Å². The van der Waals surface area contributed by atoms with Crippen LogP contribution in [0.15, 0.2) is 54.9 Å². The number of carbonyl (C=O) groups is 1. The van der Waals surface area contributed by atoms with Crippen molar-refractivity contribution >= 4 is 28.5 Å². The number of fused-ring (bicyclic) bond motifs is 1. The number of hydrogen-bond acceptors (Lipinski definition) is 4. The number of pyridine rings is 1. The molecular weight excluding hydrogens is 390 g/mol. The maximum atomic E-state index is 13.3. The summed E-state index contributed by atoms with van der Waals surface area (Å²) in [6.07, 6.45) is 3.50. The number of amides is 1. The Kier molecular flexibility index (Phi) is 4.54. The second-order valence-electron chi connectivity index (χ2n) is 6.95. The van der Waals surface area contributed by atoms with Crippen molar-refractivity contribution in [1.29, 1.82) is 0 Å². The minimum absolute atomic E-state index is 0.0823. The molecule has 1 fully saturated rings. The average Bonchev–Trinajstić information content (AvgIpc) is 3.42. The molecule has 1 atom stereocenters. The number of ether oxygens (including phenoxy) is 1. The third-order valence-corrected chi connectivity index (χ3v) is 5.36. The van der Waals surface area contributed by atoms with Gasteiger partial charge in [0.15, 0.2) is 0 Å². The summed E-state index contributed by atoms with van der Waals surface area (Å²) in [6.45, 7) is 1.46. The van der Waals surface area contributed by atoms with Crippen molar-refractivity contribution in [2.24, 2.45) is 0 Å². The molecule has 2 N–H and O–H groups in total. The van der Waals surface area contributed by atoms with Crippen molar-refractivity contribution in [3.05, 3.63) is 71.1 Å². The van der Waals surface area contributed by atoms with Crippen LogP contribution in [0.3, 0.4) is 0 Å². The summed E-state index contributed by atoms with van der Waals surface area (Å²) in [7, 11) is 0. The lowest BCUT2D eigenvalue weighted by Gasteiger charge is -2.35. The summed E-state index contributed by atoms with van der Waals surface area (Å²) in [5.41, 5.74) is 3.81. The number of aromatic nitrogens is 4. The Hall–Kier alpha value is -3.16. The molecule has 1 aromatic carbocycles. The van der Waals surface area contributed by atoms with Gasteiger partial charge >= 0.3 is 0 Å². The third kappa shape index (κ3) is 3.39. The first kappa shape index (κ1) is 17.9. The van der Waals surface area contributed by atoms with Crippen LogP contribution in [0.5, 0.6) is 0 Å². The van der Waals surface area contributed by atoms with Gasteiger partial charge in [-0.3, -0.25) is 9.89 Å². The number of nitrogens with zero attached hydrogens (tertiary/aromatic N) is 3. The van der Waals surface area contributed by atoms with E-state index in [1.54, 1.807) is 12.4 Å². The van der Waals surface area contributed by atoms with Crippen molar-refractivity contribution in [2.75, 3.05) is 19.8 Å². The van der Waals surface area contributed by atoms with Crippen molar-refractivity contribution in [3.8, 4) is 11.3 Å². The first-order valence-electron chi connectivity index (χ1n) is 9.32. The van der Waals surface area contributed by atoms with Crippen LogP contribution in [0.4, 0.5) is 0 Å². The number of H-pyrrole nitrogens is 2. The molecule has 1 aliphatic rings. The van der Waals surface area contributed by atoms with Gasteiger partial charge in [-0.15, -0.1) is 0 Å². The van der Waals surface area contributed by atoms with Crippen LogP contribution >= 0.6 is 11.6 Å². The minimum Gasteiger partial charge on any atom is -0.377 e. The molecule has 5 rings (SSSR count). The third-order valence-electron chi connectivity index (χ3n) is 5.13. The van der Waals surface area contributed by atoms with E-state index in [0.717, 1.165) is 22.2 Å². The fourth-order valence-corrected chi connectivity index (χ4v) is 3.86. The molecule has 0 radical (unpaired) electrons. The highest BCUT2D eigenvalue weighted by atomic mass is 35.5. The summed E-state index contributed by atoms with van der Waals surface area (Å²) in [4.78, 5) is 23.0. The smallest absolute Gasteiger partial charge is 0.271 e. The predicted molar refractivity (Wildman–Crippen MR) is 110 cm³/mol. The molecule has 146 valence electrons. The molecule has 0 spiro atoms. The summed E-state index contributed by atoms with van der Waals surface area (Å²) in [5.74, 6) is -0.0823. The van der Waals surface area contributed by atoms with E-state index in [1.165, 1.54) is 0 Å². The summed E-state index contributed by atoms with van der Waals surface area (Å²) < 4.78 is 5.64. The Morgan fingerprint density at radius 3 is 3.00 bits per heavy atom. The second kappa shape index (κ2) is 7.35. The zero-order valence-corrected chi connectivity index (χ0v) is 16.2. The fraction of sp³-hybridized carbons (Fsp3) is 0.190. The summed E-state index contributed by atoms with van der Waals surface area (Å²) in [5, 5.41) is 8.27. The number of benzene rings is 1. The number of morpholine rings is 1. The van der Waals surface area contributed by atoms with Crippen molar-refractivity contribution < 1.29 is 9.53 Å². The van der Waals surface area contributed by atoms with Crippen LogP contribution in [0.1, 0.15) is 22.1 Å². The molecule has 3 aromatic heterocycles. The second-order valence-corrected chi connectivity index (χ2v) is 7.39. The van der Waals surface area contributed by atoms with E-state index < -0.39 is 0 Å². The average molecular weight is 408 g/mol. The number of hydrogen-bond donors (Lipinski definition) is 2. The van der Waals surface area contributed by atoms with Crippen LogP contribution in [-0.4, -0.2) is 50.7 Å². The Morgan fingerprint density at radius 1 is 1.24 bits per heavy atom. The molecule has 4 aromatic rings. The molecule has 7 nitrogen and oxygen atoms in total. The van der Waals surface area contributed by atoms with E-state index in [0.29, 0.717) is 36.1 Å². The Morgan fingerprint density at radius 2 is 2.17 bits per heavy atom. The lowest BCUT2D eigenvalue weighted by atomic mass is 10.0. The van der Waals surface area contributed by atoms with Gasteiger partial charge in [-0.1, -0.05) is 23.7 Å². The molecule has 4 heterocycles. The van der Waals surface area contributed by atoms with Gasteiger partial charge in [-0.25, -0.2) is 4.98 Å². The maximum absolute atomic E-state index is 13.3. The fourth-order valence-electron chi connectivity index (χ4n) is 3.66. The molecule has 0 aliphatic carbocycles. The highest BCUT2D eigenvalue weighted by Crippen LogP contribution is 2.28. The SMILES string of the molecule is O=C(c1cc2ccc(-c3cn[nH]c3)nc2[nH]1)N1CCOCC1c1cccc(Cl)c1. The van der Waals surface area contributed by atoms with Crippen LogP contribution in [0.2, 0.25) is 5.02 Å². The Labute approximate surface area is 171 Å². The molecule has 1 amide bonds. The Bertz CT molecular complexity index is 1170. The first-order chi connectivity index (χ1) is 14.2. The lowest BCUT2D eigenvalue weighted by molar-refractivity contribution is -0.00295. The number of aromatic amines is 2. The molecule has 0 saturated carbocycles. The molecule has 1 unspecified atom stereocenters. The van der Waals surface area contributed by atoms with E-state index in [2.05, 4.69) is 20.2 Å². The molecule has 0 bridgehead atoms. The van der Waals surface area contributed by atoms with Crippen molar-refractivity contribution in [3.63, 3.8) is 0 Å². The van der Waals surface area contributed by atoms with Gasteiger partial charge < -0.3 is 14.6 Å². The number of nitrogens with one attached hydrogen (secondary N) is 2. The van der Waals surface area contributed by atoms with E-state index in [1.807, 2.05) is 47.4 Å². The maximum Gasteiger partial charge on any atom is 0.271 e. The topological polar surface area (TPSA) is 86.9 Å². The largest absolute Gasteiger partial charge is 0.377 e. The normalized spacial score (nSPS) is 17.0. The van der Waals surface area contributed by atoms with Crippen LogP contribution in [0, 0.1) is 0 Å². The van der Waals surface area contributed by atoms with Gasteiger partial charge in [0.2, 0.25) is 0 Å². The van der Waals surface area contributed by atoms with Gasteiger partial charge in [0.05, 0.1) is 31.1 Å². The number of rotatable bonds is 3. The van der Waals surface area contributed by atoms with Gasteiger partial charge in [-0.2, -0.15) is 5.10 Å². The molecule has 1 aliphatic heterocycles. The quantitative estimate of drug-likeness (QED) is 0.540. The summed E-state index contributed by atoms with van der Waals surface area (Å²) >= 11 is 6.15. The Balaban J connectivity index is 1.47. The molecule has 29 heavy (non-hydrogen) atoms.